The van der Waals surface area contributed by atoms with Crippen LogP contribution in [-0.4, -0.2) is 25.6 Å². The van der Waals surface area contributed by atoms with E-state index in [2.05, 4.69) is 13.8 Å². The molecular weight excluding hydrogens is 178 g/mol. The third kappa shape index (κ3) is 1.97. The van der Waals surface area contributed by atoms with Gasteiger partial charge in [0.25, 0.3) is 0 Å². The number of hydrogen-bond donors (Lipinski definition) is 0. The second kappa shape index (κ2) is 4.65. The highest BCUT2D eigenvalue weighted by Crippen LogP contribution is 2.42. The average molecular weight is 200 g/mol. The topological polar surface area (TPSA) is 9.23 Å². The number of rotatable bonds is 4. The van der Waals surface area contributed by atoms with E-state index < -0.39 is 6.17 Å². The van der Waals surface area contributed by atoms with E-state index in [9.17, 15) is 4.39 Å². The molecule has 0 saturated carbocycles. The number of alkyl halides is 1. The van der Waals surface area contributed by atoms with Crippen LogP contribution in [0, 0.1) is 5.92 Å². The van der Waals surface area contributed by atoms with E-state index in [1.54, 1.807) is 0 Å². The summed E-state index contributed by atoms with van der Waals surface area (Å²) in [6.45, 7) is 6.27. The fourth-order valence-electron chi connectivity index (χ4n) is 2.58. The van der Waals surface area contributed by atoms with Crippen LogP contribution in [0.5, 0.6) is 0 Å². The summed E-state index contributed by atoms with van der Waals surface area (Å²) in [7, 11) is 1.85. The molecule has 0 aromatic carbocycles. The van der Waals surface area contributed by atoms with Crippen LogP contribution >= 0.6 is 0 Å². The monoisotopic (exact) mass is 200 g/mol. The maximum absolute atomic E-state index is 13.7. The van der Waals surface area contributed by atoms with E-state index in [1.165, 1.54) is 0 Å². The Balaban J connectivity index is 2.69. The number of unbranched alkanes of at least 4 members (excludes halogenated alkanes) is 1. The number of halogens is 1. The molecule has 4 atom stereocenters. The zero-order chi connectivity index (χ0) is 10.8. The van der Waals surface area contributed by atoms with Crippen molar-refractivity contribution in [1.82, 2.24) is 0 Å². The summed E-state index contributed by atoms with van der Waals surface area (Å²) in [5, 5.41) is 0. The molecule has 1 nitrogen and oxygen atoms in total. The van der Waals surface area contributed by atoms with Crippen molar-refractivity contribution in [3.05, 3.63) is 0 Å². The third-order valence-corrected chi connectivity index (χ3v) is 3.73. The molecule has 0 N–H and O–H groups in total. The first kappa shape index (κ1) is 12.0. The molecule has 1 aliphatic heterocycles. The second-order valence-electron chi connectivity index (χ2n) is 4.58. The average Bonchev–Trinajstić information content (AvgIpc) is 2.41. The van der Waals surface area contributed by atoms with E-state index in [1.807, 2.05) is 14.8 Å². The lowest BCUT2D eigenvalue weighted by Crippen LogP contribution is -2.35. The van der Waals surface area contributed by atoms with Crippen molar-refractivity contribution < 1.29 is 9.13 Å². The molecule has 0 aromatic heterocycles. The van der Waals surface area contributed by atoms with Crippen LogP contribution in [0.25, 0.3) is 0 Å². The molecule has 0 spiro atoms. The quantitative estimate of drug-likeness (QED) is 0.632. The SMILES string of the molecule is B[C@@H]1O[C@@](CC)(CCCC)[C@H](C)C1F. The Hall–Kier alpha value is -0.0451. The van der Waals surface area contributed by atoms with Crippen LogP contribution in [-0.2, 0) is 4.74 Å². The van der Waals surface area contributed by atoms with E-state index in [4.69, 9.17) is 4.74 Å². The van der Waals surface area contributed by atoms with Gasteiger partial charge in [0, 0.05) is 5.92 Å². The lowest BCUT2D eigenvalue weighted by Gasteiger charge is -2.32. The predicted molar refractivity (Wildman–Crippen MR) is 60.0 cm³/mol. The van der Waals surface area contributed by atoms with Crippen LogP contribution in [0.1, 0.15) is 46.5 Å². The fraction of sp³-hybridized carbons (Fsp3) is 1.00. The Morgan fingerprint density at radius 3 is 2.43 bits per heavy atom. The lowest BCUT2D eigenvalue weighted by molar-refractivity contribution is -0.0421. The third-order valence-electron chi connectivity index (χ3n) is 3.73. The van der Waals surface area contributed by atoms with Gasteiger partial charge in [-0.1, -0.05) is 33.6 Å². The molecule has 1 unspecified atom stereocenters. The van der Waals surface area contributed by atoms with Gasteiger partial charge in [-0.15, -0.1) is 0 Å². The van der Waals surface area contributed by atoms with Gasteiger partial charge < -0.3 is 4.74 Å². The highest BCUT2D eigenvalue weighted by atomic mass is 19.1. The van der Waals surface area contributed by atoms with Crippen molar-refractivity contribution >= 4 is 7.85 Å². The molecular formula is C11H22BFO. The minimum absolute atomic E-state index is 0.0500. The molecule has 3 heteroatoms. The zero-order valence-electron chi connectivity index (χ0n) is 9.85. The van der Waals surface area contributed by atoms with Crippen molar-refractivity contribution in [1.29, 1.82) is 0 Å². The van der Waals surface area contributed by atoms with E-state index in [0.717, 1.165) is 25.7 Å². The summed E-state index contributed by atoms with van der Waals surface area (Å²) < 4.78 is 19.5. The van der Waals surface area contributed by atoms with Gasteiger partial charge in [0.05, 0.1) is 11.6 Å². The van der Waals surface area contributed by atoms with Gasteiger partial charge in [-0.05, 0) is 12.8 Å². The van der Waals surface area contributed by atoms with Crippen LogP contribution < -0.4 is 0 Å². The van der Waals surface area contributed by atoms with Crippen molar-refractivity contribution in [2.24, 2.45) is 5.92 Å². The van der Waals surface area contributed by atoms with Crippen molar-refractivity contribution in [2.45, 2.75) is 64.2 Å². The molecule has 1 saturated heterocycles. The smallest absolute Gasteiger partial charge is 0.143 e. The van der Waals surface area contributed by atoms with Crippen LogP contribution in [0.3, 0.4) is 0 Å². The molecule has 14 heavy (non-hydrogen) atoms. The molecule has 0 amide bonds. The first-order chi connectivity index (χ1) is 6.57. The van der Waals surface area contributed by atoms with Crippen molar-refractivity contribution in [2.75, 3.05) is 0 Å². The Morgan fingerprint density at radius 2 is 2.07 bits per heavy atom. The summed E-state index contributed by atoms with van der Waals surface area (Å²) in [5.74, 6) is 0.0500. The summed E-state index contributed by atoms with van der Waals surface area (Å²) in [6.07, 6.45) is 3.44. The summed E-state index contributed by atoms with van der Waals surface area (Å²) in [6, 6.07) is -0.221. The maximum atomic E-state index is 13.7. The predicted octanol–water partition coefficient (Wildman–Crippen LogP) is 2.29. The van der Waals surface area contributed by atoms with Gasteiger partial charge >= 0.3 is 0 Å². The van der Waals surface area contributed by atoms with Gasteiger partial charge in [-0.3, -0.25) is 0 Å². The van der Waals surface area contributed by atoms with Crippen LogP contribution in [0.15, 0.2) is 0 Å². The van der Waals surface area contributed by atoms with Gasteiger partial charge in [0.15, 0.2) is 0 Å². The molecule has 1 aliphatic rings. The number of hydrogen-bond acceptors (Lipinski definition) is 1. The molecule has 82 valence electrons. The highest BCUT2D eigenvalue weighted by Gasteiger charge is 2.49. The minimum Gasteiger partial charge on any atom is -0.377 e. The highest BCUT2D eigenvalue weighted by molar-refractivity contribution is 6.11. The molecule has 0 radical (unpaired) electrons. The largest absolute Gasteiger partial charge is 0.377 e. The fourth-order valence-corrected chi connectivity index (χ4v) is 2.58. The van der Waals surface area contributed by atoms with Gasteiger partial charge in [-0.25, -0.2) is 4.39 Å². The molecule has 1 fully saturated rings. The van der Waals surface area contributed by atoms with E-state index in [-0.39, 0.29) is 17.5 Å². The second-order valence-corrected chi connectivity index (χ2v) is 4.58. The van der Waals surface area contributed by atoms with Crippen LogP contribution in [0.2, 0.25) is 0 Å². The van der Waals surface area contributed by atoms with E-state index >= 15 is 0 Å². The van der Waals surface area contributed by atoms with Crippen molar-refractivity contribution in [3.8, 4) is 0 Å². The first-order valence-electron chi connectivity index (χ1n) is 5.89. The number of ether oxygens (including phenoxy) is 1. The molecule has 1 rings (SSSR count). The minimum atomic E-state index is -0.785. The Bertz CT molecular complexity index is 188. The van der Waals surface area contributed by atoms with Gasteiger partial charge in [0.2, 0.25) is 0 Å². The zero-order valence-corrected chi connectivity index (χ0v) is 9.85. The molecule has 0 bridgehead atoms. The van der Waals surface area contributed by atoms with Gasteiger partial charge in [0.1, 0.15) is 14.0 Å². The Morgan fingerprint density at radius 1 is 1.43 bits per heavy atom. The normalized spacial score (nSPS) is 43.0. The molecule has 0 aromatic rings. The molecule has 0 aliphatic carbocycles. The molecule has 1 heterocycles. The Kier molecular flexibility index (Phi) is 3.99. The van der Waals surface area contributed by atoms with Gasteiger partial charge in [-0.2, -0.15) is 0 Å². The maximum Gasteiger partial charge on any atom is 0.143 e. The van der Waals surface area contributed by atoms with E-state index in [0.29, 0.717) is 0 Å². The standard InChI is InChI=1S/C11H22BFO/c1-4-6-7-11(5-2)8(3)9(13)10(12)14-11/h8-10H,4-7,12H2,1-3H3/t8-,9?,10-,11+/m1/s1. The lowest BCUT2D eigenvalue weighted by atomic mass is 9.79. The summed E-state index contributed by atoms with van der Waals surface area (Å²) in [5.41, 5.74) is -0.186. The summed E-state index contributed by atoms with van der Waals surface area (Å²) in [4.78, 5) is 0. The summed E-state index contributed by atoms with van der Waals surface area (Å²) >= 11 is 0. The van der Waals surface area contributed by atoms with Crippen LogP contribution in [0.4, 0.5) is 4.39 Å². The van der Waals surface area contributed by atoms with Crippen molar-refractivity contribution in [3.63, 3.8) is 0 Å². The first-order valence-corrected chi connectivity index (χ1v) is 5.89. The Labute approximate surface area is 87.8 Å².